The number of phenols is 1. The van der Waals surface area contributed by atoms with E-state index in [4.69, 9.17) is 9.47 Å². The summed E-state index contributed by atoms with van der Waals surface area (Å²) in [7, 11) is 1.58. The molecule has 0 bridgehead atoms. The van der Waals surface area contributed by atoms with Crippen molar-refractivity contribution in [2.45, 2.75) is 12.8 Å². The lowest BCUT2D eigenvalue weighted by Crippen LogP contribution is -2.01. The van der Waals surface area contributed by atoms with Gasteiger partial charge in [-0.1, -0.05) is 18.2 Å². The Labute approximate surface area is 156 Å². The van der Waals surface area contributed by atoms with Crippen LogP contribution in [-0.4, -0.2) is 19.0 Å². The molecule has 0 fully saturated rings. The fourth-order valence-electron chi connectivity index (χ4n) is 2.47. The highest BCUT2D eigenvalue weighted by atomic mass is 127. The predicted molar refractivity (Wildman–Crippen MR) is 107 cm³/mol. The van der Waals surface area contributed by atoms with Crippen LogP contribution in [0.4, 0.5) is 0 Å². The minimum absolute atomic E-state index is 0.151. The second-order valence-corrected chi connectivity index (χ2v) is 6.50. The molecule has 0 saturated carbocycles. The van der Waals surface area contributed by atoms with E-state index in [2.05, 4.69) is 35.7 Å². The number of ether oxygens (including phenoxy) is 2. The van der Waals surface area contributed by atoms with Gasteiger partial charge in [0.25, 0.3) is 0 Å². The molecule has 2 aromatic carbocycles. The van der Waals surface area contributed by atoms with Crippen LogP contribution in [0.2, 0.25) is 0 Å². The summed E-state index contributed by atoms with van der Waals surface area (Å²) in [5.74, 6) is 0.924. The van der Waals surface area contributed by atoms with Gasteiger partial charge in [0.05, 0.1) is 3.57 Å². The molecule has 0 unspecified atom stereocenters. The molecule has 0 spiro atoms. The maximum absolute atomic E-state index is 10.6. The molecule has 0 saturated heterocycles. The maximum Gasteiger partial charge on any atom is 0.188 e. The lowest BCUT2D eigenvalue weighted by molar-refractivity contribution is 0.0515. The first-order chi connectivity index (χ1) is 11.6. The van der Waals surface area contributed by atoms with Gasteiger partial charge < -0.3 is 14.6 Å². The van der Waals surface area contributed by atoms with Crippen LogP contribution in [0, 0.1) is 3.57 Å². The molecule has 0 aliphatic heterocycles. The maximum atomic E-state index is 10.6. The molecule has 0 amide bonds. The molecule has 24 heavy (non-hydrogen) atoms. The molecule has 1 N–H and O–H groups in total. The molecule has 2 rings (SSSR count). The first-order valence-corrected chi connectivity index (χ1v) is 8.66. The summed E-state index contributed by atoms with van der Waals surface area (Å²) in [6.07, 6.45) is 5.20. The highest BCUT2D eigenvalue weighted by Gasteiger charge is 2.15. The van der Waals surface area contributed by atoms with Gasteiger partial charge in [-0.2, -0.15) is 0 Å². The molecule has 0 aromatic heterocycles. The van der Waals surface area contributed by atoms with Crippen molar-refractivity contribution < 1.29 is 14.6 Å². The van der Waals surface area contributed by atoms with Crippen LogP contribution in [0.5, 0.6) is 11.5 Å². The molecular weight excluding hydrogens is 415 g/mol. The SMILES string of the molecule is C=CCc1ccc(OCOC)c(-c2cc(CC=C)cc(I)c2O)c1. The molecule has 0 aliphatic carbocycles. The standard InChI is InChI=1S/C20H21IO3/c1-4-6-14-8-9-19(24-13-23-3)16(10-14)17-11-15(7-5-2)12-18(21)20(17)22/h4-5,8-12,22H,1-2,6-7,13H2,3H3. The third-order valence-corrected chi connectivity index (χ3v) is 4.37. The molecule has 0 atom stereocenters. The van der Waals surface area contributed by atoms with Crippen molar-refractivity contribution in [2.24, 2.45) is 0 Å². The van der Waals surface area contributed by atoms with Gasteiger partial charge in [0.15, 0.2) is 6.79 Å². The molecule has 126 valence electrons. The third kappa shape index (κ3) is 4.39. The van der Waals surface area contributed by atoms with E-state index in [-0.39, 0.29) is 12.5 Å². The average molecular weight is 436 g/mol. The van der Waals surface area contributed by atoms with Crippen LogP contribution in [-0.2, 0) is 17.6 Å². The van der Waals surface area contributed by atoms with Crippen molar-refractivity contribution in [3.05, 3.63) is 70.3 Å². The van der Waals surface area contributed by atoms with Crippen LogP contribution in [0.1, 0.15) is 11.1 Å². The first-order valence-electron chi connectivity index (χ1n) is 7.59. The van der Waals surface area contributed by atoms with Crippen LogP contribution in [0.25, 0.3) is 11.1 Å². The summed E-state index contributed by atoms with van der Waals surface area (Å²) in [5.41, 5.74) is 3.78. The number of hydrogen-bond donors (Lipinski definition) is 1. The topological polar surface area (TPSA) is 38.7 Å². The Morgan fingerprint density at radius 1 is 1.04 bits per heavy atom. The Morgan fingerprint density at radius 3 is 2.38 bits per heavy atom. The van der Waals surface area contributed by atoms with E-state index < -0.39 is 0 Å². The molecule has 0 aliphatic rings. The minimum Gasteiger partial charge on any atom is -0.506 e. The summed E-state index contributed by atoms with van der Waals surface area (Å²) in [6, 6.07) is 9.86. The molecule has 0 radical (unpaired) electrons. The number of allylic oxidation sites excluding steroid dienone is 2. The summed E-state index contributed by atoms with van der Waals surface area (Å²) < 4.78 is 11.5. The lowest BCUT2D eigenvalue weighted by atomic mass is 9.97. The summed E-state index contributed by atoms with van der Waals surface area (Å²) >= 11 is 2.14. The third-order valence-electron chi connectivity index (χ3n) is 3.55. The van der Waals surface area contributed by atoms with Gasteiger partial charge in [-0.3, -0.25) is 0 Å². The highest BCUT2D eigenvalue weighted by Crippen LogP contribution is 2.40. The fraction of sp³-hybridized carbons (Fsp3) is 0.200. The van der Waals surface area contributed by atoms with E-state index in [1.165, 1.54) is 0 Å². The van der Waals surface area contributed by atoms with E-state index in [1.807, 2.05) is 42.5 Å². The smallest absolute Gasteiger partial charge is 0.188 e. The quantitative estimate of drug-likeness (QED) is 0.356. The summed E-state index contributed by atoms with van der Waals surface area (Å²) in [5, 5.41) is 10.6. The van der Waals surface area contributed by atoms with Gasteiger partial charge in [-0.15, -0.1) is 13.2 Å². The van der Waals surface area contributed by atoms with Gasteiger partial charge in [-0.05, 0) is 70.8 Å². The number of halogens is 1. The highest BCUT2D eigenvalue weighted by molar-refractivity contribution is 14.1. The molecule has 4 heteroatoms. The van der Waals surface area contributed by atoms with Crippen LogP contribution in [0.15, 0.2) is 55.6 Å². The normalized spacial score (nSPS) is 10.4. The van der Waals surface area contributed by atoms with Crippen molar-refractivity contribution in [3.8, 4) is 22.6 Å². The zero-order chi connectivity index (χ0) is 17.5. The number of benzene rings is 2. The Balaban J connectivity index is 2.61. The van der Waals surface area contributed by atoms with E-state index >= 15 is 0 Å². The Bertz CT molecular complexity index is 738. The Morgan fingerprint density at radius 2 is 1.71 bits per heavy atom. The molecule has 0 heterocycles. The zero-order valence-electron chi connectivity index (χ0n) is 13.7. The largest absolute Gasteiger partial charge is 0.506 e. The fourth-order valence-corrected chi connectivity index (χ4v) is 3.17. The first kappa shape index (κ1) is 18.5. The zero-order valence-corrected chi connectivity index (χ0v) is 15.9. The van der Waals surface area contributed by atoms with Gasteiger partial charge in [0.1, 0.15) is 11.5 Å². The van der Waals surface area contributed by atoms with Gasteiger partial charge in [0.2, 0.25) is 0 Å². The Kier molecular flexibility index (Phi) is 6.87. The summed E-state index contributed by atoms with van der Waals surface area (Å²) in [4.78, 5) is 0. The van der Waals surface area contributed by atoms with Crippen molar-refractivity contribution >= 4 is 22.6 Å². The number of phenolic OH excluding ortho intramolecular Hbond substituents is 1. The van der Waals surface area contributed by atoms with Crippen molar-refractivity contribution in [3.63, 3.8) is 0 Å². The second kappa shape index (κ2) is 8.89. The molecule has 3 nitrogen and oxygen atoms in total. The molecular formula is C20H21IO3. The monoisotopic (exact) mass is 436 g/mol. The minimum atomic E-state index is 0.151. The van der Waals surface area contributed by atoms with Gasteiger partial charge in [0, 0.05) is 18.2 Å². The van der Waals surface area contributed by atoms with Crippen molar-refractivity contribution in [1.82, 2.24) is 0 Å². The van der Waals surface area contributed by atoms with E-state index in [9.17, 15) is 5.11 Å². The van der Waals surface area contributed by atoms with Crippen molar-refractivity contribution in [2.75, 3.05) is 13.9 Å². The predicted octanol–water partition coefficient (Wildman–Crippen LogP) is 5.10. The van der Waals surface area contributed by atoms with Crippen LogP contribution >= 0.6 is 22.6 Å². The second-order valence-electron chi connectivity index (χ2n) is 5.34. The number of aromatic hydroxyl groups is 1. The lowest BCUT2D eigenvalue weighted by Gasteiger charge is -2.15. The summed E-state index contributed by atoms with van der Waals surface area (Å²) in [6.45, 7) is 7.73. The number of rotatable bonds is 8. The van der Waals surface area contributed by atoms with Crippen LogP contribution < -0.4 is 4.74 Å². The van der Waals surface area contributed by atoms with Crippen molar-refractivity contribution in [1.29, 1.82) is 0 Å². The Hall–Kier alpha value is -1.79. The van der Waals surface area contributed by atoms with Gasteiger partial charge in [-0.25, -0.2) is 0 Å². The number of methoxy groups -OCH3 is 1. The average Bonchev–Trinajstić information content (AvgIpc) is 2.57. The van der Waals surface area contributed by atoms with E-state index in [0.717, 1.165) is 38.7 Å². The van der Waals surface area contributed by atoms with Crippen LogP contribution in [0.3, 0.4) is 0 Å². The molecule has 2 aromatic rings. The van der Waals surface area contributed by atoms with E-state index in [0.29, 0.717) is 5.75 Å². The van der Waals surface area contributed by atoms with Gasteiger partial charge >= 0.3 is 0 Å². The number of hydrogen-bond acceptors (Lipinski definition) is 3. The van der Waals surface area contributed by atoms with E-state index in [1.54, 1.807) is 7.11 Å².